The molecule has 0 fully saturated rings. The fourth-order valence-corrected chi connectivity index (χ4v) is 5.84. The smallest absolute Gasteiger partial charge is 0.337 e. The second kappa shape index (κ2) is 8.95. The summed E-state index contributed by atoms with van der Waals surface area (Å²) in [5.41, 5.74) is 5.02. The normalized spacial score (nSPS) is 17.4. The molecule has 0 amide bonds. The van der Waals surface area contributed by atoms with E-state index in [2.05, 4.69) is 0 Å². The molecule has 0 bridgehead atoms. The molecule has 2 aliphatic rings. The van der Waals surface area contributed by atoms with Gasteiger partial charge in [0.05, 0.1) is 17.7 Å². The lowest BCUT2D eigenvalue weighted by atomic mass is 9.66. The van der Waals surface area contributed by atoms with Crippen LogP contribution in [0.3, 0.4) is 0 Å². The standard InChI is InChI=1S/C31H34FNO4/c1-7-17-14-19-16-31(5,6)26(28(29(34)35)37-30(2,3)4)25(21(19)15-22(17)32)20-8-9-23-24-18(11-13-36-23)10-12-33-27(20)24/h8-10,12,14-15,28H,7,11,13,16H2,1-6H3,(H,34,35)/t28-/m0/s1. The van der Waals surface area contributed by atoms with Crippen LogP contribution >= 0.6 is 0 Å². The van der Waals surface area contributed by atoms with Crippen molar-refractivity contribution in [3.05, 3.63) is 75.7 Å². The number of pyridine rings is 1. The Labute approximate surface area is 217 Å². The van der Waals surface area contributed by atoms with Gasteiger partial charge in [-0.05, 0) is 96.7 Å². The summed E-state index contributed by atoms with van der Waals surface area (Å²) in [5, 5.41) is 11.4. The van der Waals surface area contributed by atoms with Crippen molar-refractivity contribution in [2.24, 2.45) is 5.41 Å². The summed E-state index contributed by atoms with van der Waals surface area (Å²) in [6, 6.07) is 9.36. The van der Waals surface area contributed by atoms with Gasteiger partial charge in [-0.25, -0.2) is 9.18 Å². The minimum Gasteiger partial charge on any atom is -0.493 e. The molecule has 3 aromatic rings. The molecule has 2 heterocycles. The molecule has 6 heteroatoms. The van der Waals surface area contributed by atoms with E-state index in [0.717, 1.165) is 39.8 Å². The quantitative estimate of drug-likeness (QED) is 0.429. The van der Waals surface area contributed by atoms with E-state index in [1.165, 1.54) is 0 Å². The summed E-state index contributed by atoms with van der Waals surface area (Å²) in [4.78, 5) is 17.5. The number of hydrogen-bond acceptors (Lipinski definition) is 4. The van der Waals surface area contributed by atoms with Gasteiger partial charge < -0.3 is 14.6 Å². The van der Waals surface area contributed by atoms with Gasteiger partial charge in [-0.3, -0.25) is 4.98 Å². The molecule has 5 rings (SSSR count). The van der Waals surface area contributed by atoms with E-state index in [1.807, 2.05) is 65.8 Å². The van der Waals surface area contributed by atoms with Crippen LogP contribution in [0.5, 0.6) is 5.75 Å². The molecule has 194 valence electrons. The molecule has 1 N–H and O–H groups in total. The molecule has 0 saturated heterocycles. The maximum absolute atomic E-state index is 15.3. The number of fused-ring (bicyclic) bond motifs is 1. The minimum absolute atomic E-state index is 0.291. The zero-order valence-electron chi connectivity index (χ0n) is 22.4. The summed E-state index contributed by atoms with van der Waals surface area (Å²) in [6.45, 7) is 12.2. The molecule has 0 spiro atoms. The number of aliphatic carboxylic acids is 1. The Hall–Kier alpha value is -3.25. The molecule has 0 unspecified atom stereocenters. The average molecular weight is 504 g/mol. The Kier molecular flexibility index (Phi) is 6.14. The highest BCUT2D eigenvalue weighted by Gasteiger charge is 2.43. The Bertz CT molecular complexity index is 1440. The molecule has 1 atom stereocenters. The summed E-state index contributed by atoms with van der Waals surface area (Å²) in [7, 11) is 0. The summed E-state index contributed by atoms with van der Waals surface area (Å²) in [6.07, 6.45) is 2.49. The molecular weight excluding hydrogens is 469 g/mol. The Morgan fingerprint density at radius 3 is 2.62 bits per heavy atom. The molecule has 0 radical (unpaired) electrons. The van der Waals surface area contributed by atoms with Crippen LogP contribution in [-0.2, 0) is 28.8 Å². The highest BCUT2D eigenvalue weighted by atomic mass is 19.1. The maximum Gasteiger partial charge on any atom is 0.337 e. The lowest BCUT2D eigenvalue weighted by Gasteiger charge is -2.41. The van der Waals surface area contributed by atoms with Crippen molar-refractivity contribution in [3.8, 4) is 5.75 Å². The van der Waals surface area contributed by atoms with Crippen molar-refractivity contribution in [1.29, 1.82) is 0 Å². The van der Waals surface area contributed by atoms with Crippen LogP contribution in [-0.4, -0.2) is 34.4 Å². The largest absolute Gasteiger partial charge is 0.493 e. The number of nitrogens with zero attached hydrogens (tertiary/aromatic N) is 1. The molecule has 1 aliphatic heterocycles. The number of carboxylic acid groups (broad SMARTS) is 1. The van der Waals surface area contributed by atoms with Gasteiger partial charge in [0.2, 0.25) is 0 Å². The van der Waals surface area contributed by atoms with Crippen LogP contribution in [0, 0.1) is 11.2 Å². The van der Waals surface area contributed by atoms with Gasteiger partial charge in [-0.15, -0.1) is 0 Å². The minimum atomic E-state index is -1.21. The van der Waals surface area contributed by atoms with E-state index in [1.54, 1.807) is 12.3 Å². The van der Waals surface area contributed by atoms with E-state index in [-0.39, 0.29) is 5.82 Å². The van der Waals surface area contributed by atoms with E-state index < -0.39 is 23.1 Å². The SMILES string of the molecule is CCc1cc2c(cc1F)C(c1ccc3c4c(ccnc14)CCO3)=C([C@H](OC(C)(C)C)C(=O)O)C(C)(C)C2. The lowest BCUT2D eigenvalue weighted by molar-refractivity contribution is -0.156. The highest BCUT2D eigenvalue weighted by Crippen LogP contribution is 2.50. The summed E-state index contributed by atoms with van der Waals surface area (Å²) >= 11 is 0. The monoisotopic (exact) mass is 503 g/mol. The van der Waals surface area contributed by atoms with Crippen molar-refractivity contribution in [2.75, 3.05) is 6.61 Å². The summed E-state index contributed by atoms with van der Waals surface area (Å²) < 4.78 is 27.5. The molecule has 1 aromatic heterocycles. The first kappa shape index (κ1) is 25.4. The van der Waals surface area contributed by atoms with Gasteiger partial charge in [0.15, 0.2) is 6.10 Å². The molecule has 2 aromatic carbocycles. The zero-order valence-corrected chi connectivity index (χ0v) is 22.4. The number of aryl methyl sites for hydroxylation is 1. The predicted octanol–water partition coefficient (Wildman–Crippen LogP) is 6.52. The van der Waals surface area contributed by atoms with Crippen LogP contribution in [0.25, 0.3) is 16.5 Å². The first-order valence-corrected chi connectivity index (χ1v) is 12.9. The topological polar surface area (TPSA) is 68.7 Å². The van der Waals surface area contributed by atoms with Gasteiger partial charge in [0.25, 0.3) is 0 Å². The van der Waals surface area contributed by atoms with Crippen LogP contribution in [0.4, 0.5) is 4.39 Å². The number of rotatable bonds is 5. The molecule has 37 heavy (non-hydrogen) atoms. The number of aromatic nitrogens is 1. The Balaban J connectivity index is 1.92. The lowest BCUT2D eigenvalue weighted by Crippen LogP contribution is -2.41. The third kappa shape index (κ3) is 4.42. The molecule has 0 saturated carbocycles. The Morgan fingerprint density at radius 2 is 1.95 bits per heavy atom. The van der Waals surface area contributed by atoms with Gasteiger partial charge in [0, 0.05) is 23.6 Å². The van der Waals surface area contributed by atoms with Crippen LogP contribution in [0.2, 0.25) is 0 Å². The van der Waals surface area contributed by atoms with Gasteiger partial charge in [-0.2, -0.15) is 0 Å². The van der Waals surface area contributed by atoms with Crippen LogP contribution in [0.1, 0.15) is 69.4 Å². The van der Waals surface area contributed by atoms with Crippen LogP contribution < -0.4 is 4.74 Å². The predicted molar refractivity (Wildman–Crippen MR) is 142 cm³/mol. The first-order valence-electron chi connectivity index (χ1n) is 12.9. The number of ether oxygens (including phenoxy) is 2. The Morgan fingerprint density at radius 1 is 1.19 bits per heavy atom. The zero-order chi connectivity index (χ0) is 26.7. The van der Waals surface area contributed by atoms with Gasteiger partial charge in [-0.1, -0.05) is 26.8 Å². The molecule has 5 nitrogen and oxygen atoms in total. The van der Waals surface area contributed by atoms with Crippen molar-refractivity contribution in [3.63, 3.8) is 0 Å². The maximum atomic E-state index is 15.3. The highest BCUT2D eigenvalue weighted by molar-refractivity contribution is 6.03. The third-order valence-corrected chi connectivity index (χ3v) is 7.35. The second-order valence-electron chi connectivity index (χ2n) is 11.7. The van der Waals surface area contributed by atoms with Gasteiger partial charge >= 0.3 is 5.97 Å². The van der Waals surface area contributed by atoms with E-state index in [9.17, 15) is 9.90 Å². The number of benzene rings is 2. The first-order chi connectivity index (χ1) is 17.4. The van der Waals surface area contributed by atoms with Crippen molar-refractivity contribution >= 4 is 22.4 Å². The molecule has 1 aliphatic carbocycles. The average Bonchev–Trinajstić information content (AvgIpc) is 2.82. The third-order valence-electron chi connectivity index (χ3n) is 7.35. The van der Waals surface area contributed by atoms with Crippen LogP contribution in [0.15, 0.2) is 42.1 Å². The fourth-order valence-electron chi connectivity index (χ4n) is 5.84. The number of carbonyl (C=O) groups is 1. The number of halogens is 1. The van der Waals surface area contributed by atoms with Crippen molar-refractivity contribution in [2.45, 2.75) is 72.5 Å². The number of hydrogen-bond donors (Lipinski definition) is 1. The summed E-state index contributed by atoms with van der Waals surface area (Å²) in [5.74, 6) is -0.595. The van der Waals surface area contributed by atoms with Crippen molar-refractivity contribution in [1.82, 2.24) is 4.98 Å². The molecular formula is C31H34FNO4. The van der Waals surface area contributed by atoms with Gasteiger partial charge in [0.1, 0.15) is 11.6 Å². The van der Waals surface area contributed by atoms with E-state index in [4.69, 9.17) is 14.5 Å². The van der Waals surface area contributed by atoms with Crippen molar-refractivity contribution < 1.29 is 23.8 Å². The second-order valence-corrected chi connectivity index (χ2v) is 11.7. The van der Waals surface area contributed by atoms with E-state index >= 15 is 4.39 Å². The number of carboxylic acids is 1. The van der Waals surface area contributed by atoms with E-state index in [0.29, 0.717) is 41.7 Å². The fraction of sp³-hybridized carbons (Fsp3) is 0.419.